The van der Waals surface area contributed by atoms with Crippen molar-refractivity contribution in [2.24, 2.45) is 0 Å². The van der Waals surface area contributed by atoms with Crippen LogP contribution in [0.2, 0.25) is 0 Å². The normalized spacial score (nSPS) is 10.7. The lowest BCUT2D eigenvalue weighted by molar-refractivity contribution is 0.103. The molecule has 5 heteroatoms. The molecule has 0 aliphatic carbocycles. The Hall–Kier alpha value is -3.18. The molecule has 0 fully saturated rings. The van der Waals surface area contributed by atoms with Crippen molar-refractivity contribution < 1.29 is 9.53 Å². The predicted octanol–water partition coefficient (Wildman–Crippen LogP) is 5.53. The van der Waals surface area contributed by atoms with E-state index in [2.05, 4.69) is 36.5 Å². The minimum atomic E-state index is -0.118. The van der Waals surface area contributed by atoms with Gasteiger partial charge in [0, 0.05) is 22.7 Å². The highest BCUT2D eigenvalue weighted by molar-refractivity contribution is 7.12. The summed E-state index contributed by atoms with van der Waals surface area (Å²) >= 11 is 1.41. The monoisotopic (exact) mass is 374 g/mol. The molecule has 0 aliphatic heterocycles. The number of methoxy groups -OCH3 is 1. The number of ether oxygens (including phenoxy) is 1. The van der Waals surface area contributed by atoms with E-state index in [4.69, 9.17) is 9.72 Å². The van der Waals surface area contributed by atoms with E-state index in [1.807, 2.05) is 35.7 Å². The number of anilines is 1. The second-order valence-electron chi connectivity index (χ2n) is 6.24. The Kier molecular flexibility index (Phi) is 4.60. The maximum atomic E-state index is 12.3. The third kappa shape index (κ3) is 3.55. The zero-order valence-corrected chi connectivity index (χ0v) is 15.8. The Balaban J connectivity index is 1.72. The topological polar surface area (TPSA) is 51.2 Å². The Labute approximate surface area is 161 Å². The third-order valence-corrected chi connectivity index (χ3v) is 5.21. The van der Waals surface area contributed by atoms with Crippen LogP contribution in [-0.4, -0.2) is 18.0 Å². The first-order chi connectivity index (χ1) is 13.1. The highest BCUT2D eigenvalue weighted by Crippen LogP contribution is 2.32. The molecule has 0 saturated heterocycles. The van der Waals surface area contributed by atoms with Crippen LogP contribution in [0.1, 0.15) is 15.2 Å². The molecule has 1 N–H and O–H groups in total. The molecule has 0 atom stereocenters. The lowest BCUT2D eigenvalue weighted by atomic mass is 10.1. The second kappa shape index (κ2) is 7.21. The average molecular weight is 374 g/mol. The summed E-state index contributed by atoms with van der Waals surface area (Å²) in [4.78, 5) is 17.7. The molecule has 0 aliphatic rings. The molecule has 0 saturated carbocycles. The minimum Gasteiger partial charge on any atom is -0.496 e. The summed E-state index contributed by atoms with van der Waals surface area (Å²) in [6, 6.07) is 19.5. The molecule has 2 aromatic carbocycles. The summed E-state index contributed by atoms with van der Waals surface area (Å²) in [5.74, 6) is 0.607. The van der Waals surface area contributed by atoms with Crippen LogP contribution in [0, 0.1) is 6.92 Å². The number of aromatic nitrogens is 1. The van der Waals surface area contributed by atoms with Crippen molar-refractivity contribution in [3.63, 3.8) is 0 Å². The van der Waals surface area contributed by atoms with Crippen LogP contribution in [0.5, 0.6) is 5.75 Å². The van der Waals surface area contributed by atoms with Gasteiger partial charge in [-0.2, -0.15) is 0 Å². The Morgan fingerprint density at radius 3 is 2.59 bits per heavy atom. The first kappa shape index (κ1) is 17.2. The van der Waals surface area contributed by atoms with E-state index in [1.54, 1.807) is 13.2 Å². The summed E-state index contributed by atoms with van der Waals surface area (Å²) in [6.07, 6.45) is 0. The van der Waals surface area contributed by atoms with E-state index in [9.17, 15) is 4.79 Å². The lowest BCUT2D eigenvalue weighted by Crippen LogP contribution is -2.10. The minimum absolute atomic E-state index is 0.118. The van der Waals surface area contributed by atoms with Gasteiger partial charge in [0.25, 0.3) is 5.91 Å². The number of rotatable bonds is 4. The number of benzene rings is 2. The molecule has 2 heterocycles. The van der Waals surface area contributed by atoms with Gasteiger partial charge in [0.1, 0.15) is 5.75 Å². The molecule has 4 rings (SSSR count). The fourth-order valence-electron chi connectivity index (χ4n) is 2.91. The van der Waals surface area contributed by atoms with Gasteiger partial charge in [-0.05, 0) is 36.6 Å². The number of nitrogens with zero attached hydrogens (tertiary/aromatic N) is 1. The Bertz CT molecular complexity index is 1100. The molecule has 0 spiro atoms. The molecular weight excluding hydrogens is 356 g/mol. The van der Waals surface area contributed by atoms with Gasteiger partial charge < -0.3 is 10.1 Å². The van der Waals surface area contributed by atoms with Gasteiger partial charge in [-0.15, -0.1) is 11.3 Å². The van der Waals surface area contributed by atoms with Crippen LogP contribution in [0.4, 0.5) is 5.69 Å². The molecule has 4 nitrogen and oxygen atoms in total. The maximum absolute atomic E-state index is 12.3. The number of carbonyl (C=O) groups is 1. The summed E-state index contributed by atoms with van der Waals surface area (Å²) in [5.41, 5.74) is 4.63. The fraction of sp³-hybridized carbons (Fsp3) is 0.0909. The van der Waals surface area contributed by atoms with Crippen LogP contribution in [0.15, 0.2) is 66.0 Å². The van der Waals surface area contributed by atoms with Gasteiger partial charge in [0.2, 0.25) is 0 Å². The molecule has 0 unspecified atom stereocenters. The number of nitrogens with one attached hydrogen (secondary N) is 1. The van der Waals surface area contributed by atoms with E-state index in [1.165, 1.54) is 16.9 Å². The zero-order chi connectivity index (χ0) is 18.8. The van der Waals surface area contributed by atoms with Crippen LogP contribution in [0.3, 0.4) is 0 Å². The molecule has 27 heavy (non-hydrogen) atoms. The van der Waals surface area contributed by atoms with Gasteiger partial charge in [-0.25, -0.2) is 4.98 Å². The third-order valence-electron chi connectivity index (χ3n) is 4.34. The molecule has 1 amide bonds. The van der Waals surface area contributed by atoms with E-state index in [0.29, 0.717) is 10.6 Å². The van der Waals surface area contributed by atoms with Gasteiger partial charge >= 0.3 is 0 Å². The second-order valence-corrected chi connectivity index (χ2v) is 7.19. The van der Waals surface area contributed by atoms with Gasteiger partial charge in [0.15, 0.2) is 0 Å². The molecule has 2 aromatic heterocycles. The van der Waals surface area contributed by atoms with Crippen molar-refractivity contribution in [3.05, 3.63) is 76.5 Å². The number of hydrogen-bond acceptors (Lipinski definition) is 4. The Morgan fingerprint density at radius 1 is 1.07 bits per heavy atom. The van der Waals surface area contributed by atoms with E-state index in [-0.39, 0.29) is 5.91 Å². The van der Waals surface area contributed by atoms with Crippen molar-refractivity contribution in [1.82, 2.24) is 4.98 Å². The molecule has 0 radical (unpaired) electrons. The number of thiophene rings is 1. The van der Waals surface area contributed by atoms with E-state index < -0.39 is 0 Å². The van der Waals surface area contributed by atoms with Gasteiger partial charge in [-0.3, -0.25) is 4.79 Å². The van der Waals surface area contributed by atoms with Crippen LogP contribution >= 0.6 is 11.3 Å². The van der Waals surface area contributed by atoms with Crippen molar-refractivity contribution in [1.29, 1.82) is 0 Å². The molecule has 4 aromatic rings. The van der Waals surface area contributed by atoms with Crippen molar-refractivity contribution >= 4 is 33.8 Å². The molecular formula is C22H18N2O2S. The number of fused-ring (bicyclic) bond motifs is 1. The van der Waals surface area contributed by atoms with Crippen molar-refractivity contribution in [2.45, 2.75) is 6.92 Å². The number of aryl methyl sites for hydroxylation is 1. The van der Waals surface area contributed by atoms with Crippen LogP contribution in [-0.2, 0) is 0 Å². The maximum Gasteiger partial charge on any atom is 0.265 e. The number of hydrogen-bond donors (Lipinski definition) is 1. The highest BCUT2D eigenvalue weighted by atomic mass is 32.1. The van der Waals surface area contributed by atoms with E-state index >= 15 is 0 Å². The number of carbonyl (C=O) groups excluding carboxylic acids is 1. The SMILES string of the molecule is COc1cc(-c2ccc(C)cc2)nc2ccc(NC(=O)c3cccs3)cc12. The first-order valence-corrected chi connectivity index (χ1v) is 9.43. The first-order valence-electron chi connectivity index (χ1n) is 8.55. The average Bonchev–Trinajstić information content (AvgIpc) is 3.23. The summed E-state index contributed by atoms with van der Waals surface area (Å²) in [7, 11) is 1.64. The lowest BCUT2D eigenvalue weighted by Gasteiger charge is -2.11. The van der Waals surface area contributed by atoms with Crippen molar-refractivity contribution in [3.8, 4) is 17.0 Å². The van der Waals surface area contributed by atoms with Crippen molar-refractivity contribution in [2.75, 3.05) is 12.4 Å². The largest absolute Gasteiger partial charge is 0.496 e. The molecule has 134 valence electrons. The number of pyridine rings is 1. The quantitative estimate of drug-likeness (QED) is 0.511. The fourth-order valence-corrected chi connectivity index (χ4v) is 3.53. The summed E-state index contributed by atoms with van der Waals surface area (Å²) < 4.78 is 5.59. The molecule has 0 bridgehead atoms. The van der Waals surface area contributed by atoms with E-state index in [0.717, 1.165) is 27.9 Å². The Morgan fingerprint density at radius 2 is 1.89 bits per heavy atom. The summed E-state index contributed by atoms with van der Waals surface area (Å²) in [5, 5.41) is 5.67. The highest BCUT2D eigenvalue weighted by Gasteiger charge is 2.11. The van der Waals surface area contributed by atoms with Crippen LogP contribution in [0.25, 0.3) is 22.2 Å². The smallest absolute Gasteiger partial charge is 0.265 e. The zero-order valence-electron chi connectivity index (χ0n) is 15.0. The standard InChI is InChI=1S/C22H18N2O2S/c1-14-5-7-15(8-6-14)19-13-20(26-2)17-12-16(9-10-18(17)24-19)23-22(25)21-4-3-11-27-21/h3-13H,1-2H3,(H,23,25). The van der Waals surface area contributed by atoms with Gasteiger partial charge in [-0.1, -0.05) is 35.9 Å². The van der Waals surface area contributed by atoms with Gasteiger partial charge in [0.05, 0.1) is 23.2 Å². The number of amides is 1. The summed E-state index contributed by atoms with van der Waals surface area (Å²) in [6.45, 7) is 2.06. The predicted molar refractivity (Wildman–Crippen MR) is 111 cm³/mol. The van der Waals surface area contributed by atoms with Crippen LogP contribution < -0.4 is 10.1 Å².